The molecule has 1 amide bonds. The third-order valence-corrected chi connectivity index (χ3v) is 5.55. The van der Waals surface area contributed by atoms with Crippen molar-refractivity contribution in [3.8, 4) is 0 Å². The number of likely N-dealkylation sites (tertiary alicyclic amines) is 1. The second kappa shape index (κ2) is 11.1. The van der Waals surface area contributed by atoms with E-state index in [1.807, 2.05) is 16.7 Å². The van der Waals surface area contributed by atoms with Crippen molar-refractivity contribution >= 4 is 18.2 Å². The van der Waals surface area contributed by atoms with Crippen LogP contribution in [0.1, 0.15) is 32.6 Å². The molecule has 2 saturated heterocycles. The molecule has 8 nitrogen and oxygen atoms in total. The number of carbonyl (C=O) groups is 2. The number of piperidine rings is 2. The minimum Gasteiger partial charge on any atom is -0.483 e. The molecular weight excluding hydrogens is 381 g/mol. The van der Waals surface area contributed by atoms with Gasteiger partial charge >= 0.3 is 0 Å². The maximum absolute atomic E-state index is 14.2. The zero-order chi connectivity index (χ0) is 21.3. The van der Waals surface area contributed by atoms with Crippen LogP contribution in [0, 0.1) is 11.2 Å². The summed E-state index contributed by atoms with van der Waals surface area (Å²) in [5.41, 5.74) is -0.429. The van der Waals surface area contributed by atoms with Crippen LogP contribution in [0.3, 0.4) is 0 Å². The Morgan fingerprint density at radius 3 is 2.90 bits per heavy atom. The van der Waals surface area contributed by atoms with Gasteiger partial charge in [-0.05, 0) is 38.3 Å². The number of hydrogen-bond acceptors (Lipinski definition) is 6. The van der Waals surface area contributed by atoms with Gasteiger partial charge < -0.3 is 24.7 Å². The van der Waals surface area contributed by atoms with Crippen molar-refractivity contribution in [2.75, 3.05) is 44.3 Å². The number of aromatic nitrogens is 1. The van der Waals surface area contributed by atoms with Crippen molar-refractivity contribution in [2.45, 2.75) is 38.7 Å². The molecule has 3 rings (SSSR count). The highest BCUT2D eigenvalue weighted by atomic mass is 19.1. The van der Waals surface area contributed by atoms with Gasteiger partial charge in [0.05, 0.1) is 19.1 Å². The summed E-state index contributed by atoms with van der Waals surface area (Å²) < 4.78 is 19.4. The maximum atomic E-state index is 14.2. The number of rotatable bonds is 5. The van der Waals surface area contributed by atoms with E-state index < -0.39 is 11.5 Å². The SMILES string of the molecule is CCOCCC(=O)N1CCC[C@]2(C1)CN(c1ncccc1F)CC[C@H]2O.O=CO. The molecule has 29 heavy (non-hydrogen) atoms. The lowest BCUT2D eigenvalue weighted by atomic mass is 9.71. The number of carboxylic acid groups (broad SMARTS) is 1. The summed E-state index contributed by atoms with van der Waals surface area (Å²) in [6.07, 6.45) is 3.67. The van der Waals surface area contributed by atoms with Gasteiger partial charge in [0.1, 0.15) is 0 Å². The van der Waals surface area contributed by atoms with Gasteiger partial charge in [-0.15, -0.1) is 0 Å². The largest absolute Gasteiger partial charge is 0.483 e. The Hall–Kier alpha value is -2.26. The molecule has 1 aromatic rings. The number of aliphatic hydroxyl groups is 1. The van der Waals surface area contributed by atoms with Crippen LogP contribution in [0.5, 0.6) is 0 Å². The number of amides is 1. The molecule has 1 aromatic heterocycles. The zero-order valence-electron chi connectivity index (χ0n) is 16.8. The van der Waals surface area contributed by atoms with Gasteiger partial charge in [-0.2, -0.15) is 0 Å². The Morgan fingerprint density at radius 1 is 1.45 bits per heavy atom. The Bertz CT molecular complexity index is 677. The molecule has 2 N–H and O–H groups in total. The van der Waals surface area contributed by atoms with Gasteiger partial charge in [-0.3, -0.25) is 9.59 Å². The van der Waals surface area contributed by atoms with Crippen LogP contribution in [0.2, 0.25) is 0 Å². The monoisotopic (exact) mass is 411 g/mol. The van der Waals surface area contributed by atoms with E-state index in [9.17, 15) is 14.3 Å². The summed E-state index contributed by atoms with van der Waals surface area (Å²) >= 11 is 0. The normalized spacial score (nSPS) is 24.0. The molecule has 1 spiro atoms. The molecule has 0 radical (unpaired) electrons. The van der Waals surface area contributed by atoms with Crippen molar-refractivity contribution in [3.63, 3.8) is 0 Å². The lowest BCUT2D eigenvalue weighted by Gasteiger charge is -2.51. The van der Waals surface area contributed by atoms with Gasteiger partial charge in [0.2, 0.25) is 5.91 Å². The van der Waals surface area contributed by atoms with Crippen LogP contribution in [-0.4, -0.2) is 78.0 Å². The first-order valence-electron chi connectivity index (χ1n) is 9.94. The summed E-state index contributed by atoms with van der Waals surface area (Å²) in [6, 6.07) is 2.98. The number of ether oxygens (including phenoxy) is 1. The molecule has 0 saturated carbocycles. The predicted octanol–water partition coefficient (Wildman–Crippen LogP) is 1.53. The Labute approximate surface area is 170 Å². The number of carbonyl (C=O) groups excluding carboxylic acids is 1. The summed E-state index contributed by atoms with van der Waals surface area (Å²) in [6.45, 7) is 4.96. The van der Waals surface area contributed by atoms with Gasteiger partial charge in [-0.25, -0.2) is 9.37 Å². The Kier molecular flexibility index (Phi) is 8.78. The Balaban J connectivity index is 0.000000941. The predicted molar refractivity (Wildman–Crippen MR) is 105 cm³/mol. The second-order valence-electron chi connectivity index (χ2n) is 7.37. The number of anilines is 1. The molecular formula is C20H30FN3O5. The fourth-order valence-electron chi connectivity index (χ4n) is 4.18. The molecule has 162 valence electrons. The summed E-state index contributed by atoms with van der Waals surface area (Å²) in [5, 5.41) is 17.6. The minimum absolute atomic E-state index is 0.0610. The topological polar surface area (TPSA) is 103 Å². The van der Waals surface area contributed by atoms with Crippen LogP contribution < -0.4 is 4.90 Å². The highest BCUT2D eigenvalue weighted by Gasteiger charge is 2.46. The van der Waals surface area contributed by atoms with Gasteiger partial charge in [-0.1, -0.05) is 0 Å². The summed E-state index contributed by atoms with van der Waals surface area (Å²) in [7, 11) is 0. The van der Waals surface area contributed by atoms with E-state index in [-0.39, 0.29) is 18.2 Å². The maximum Gasteiger partial charge on any atom is 0.290 e. The standard InChI is InChI=1S/C19H28FN3O3.CH2O2/c1-2-26-12-7-17(25)22-10-4-8-19(13-22)14-23(11-6-16(19)24)18-15(20)5-3-9-21-18;2-1-3/h3,5,9,16,24H,2,4,6-8,10-14H2,1H3;1H,(H,2,3)/t16-,19+;/m1./s1. The zero-order valence-corrected chi connectivity index (χ0v) is 16.8. The molecule has 0 unspecified atom stereocenters. The molecule has 2 aliphatic heterocycles. The van der Waals surface area contributed by atoms with Gasteiger partial charge in [0.25, 0.3) is 6.47 Å². The molecule has 2 atom stereocenters. The number of halogens is 1. The van der Waals surface area contributed by atoms with Crippen molar-refractivity contribution < 1.29 is 28.9 Å². The molecule has 0 aliphatic carbocycles. The summed E-state index contributed by atoms with van der Waals surface area (Å²) in [4.78, 5) is 28.8. The van der Waals surface area contributed by atoms with Crippen molar-refractivity contribution in [2.24, 2.45) is 5.41 Å². The molecule has 9 heteroatoms. The van der Waals surface area contributed by atoms with E-state index in [0.717, 1.165) is 12.8 Å². The lowest BCUT2D eigenvalue weighted by Crippen LogP contribution is -2.60. The average Bonchev–Trinajstić information content (AvgIpc) is 2.71. The molecule has 0 aromatic carbocycles. The fourth-order valence-corrected chi connectivity index (χ4v) is 4.18. The van der Waals surface area contributed by atoms with E-state index in [0.29, 0.717) is 58.1 Å². The highest BCUT2D eigenvalue weighted by molar-refractivity contribution is 5.76. The smallest absolute Gasteiger partial charge is 0.290 e. The highest BCUT2D eigenvalue weighted by Crippen LogP contribution is 2.40. The van der Waals surface area contributed by atoms with Crippen LogP contribution in [-0.2, 0) is 14.3 Å². The quantitative estimate of drug-likeness (QED) is 0.559. The van der Waals surface area contributed by atoms with Gasteiger partial charge in [0.15, 0.2) is 11.6 Å². The van der Waals surface area contributed by atoms with Gasteiger partial charge in [0, 0.05) is 44.4 Å². The number of pyridine rings is 1. The molecule has 2 fully saturated rings. The average molecular weight is 411 g/mol. The fraction of sp³-hybridized carbons (Fsp3) is 0.650. The summed E-state index contributed by atoms with van der Waals surface area (Å²) in [5.74, 6) is 0.0453. The van der Waals surface area contributed by atoms with E-state index in [4.69, 9.17) is 14.6 Å². The van der Waals surface area contributed by atoms with Crippen molar-refractivity contribution in [3.05, 3.63) is 24.1 Å². The number of hydrogen-bond donors (Lipinski definition) is 2. The second-order valence-corrected chi connectivity index (χ2v) is 7.37. The number of aliphatic hydroxyl groups excluding tert-OH is 1. The van der Waals surface area contributed by atoms with Crippen LogP contribution in [0.4, 0.5) is 10.2 Å². The van der Waals surface area contributed by atoms with E-state index in [1.54, 1.807) is 12.3 Å². The minimum atomic E-state index is -0.493. The van der Waals surface area contributed by atoms with E-state index in [2.05, 4.69) is 4.98 Å². The molecule has 0 bridgehead atoms. The van der Waals surface area contributed by atoms with Crippen LogP contribution in [0.15, 0.2) is 18.3 Å². The first-order valence-corrected chi connectivity index (χ1v) is 9.94. The van der Waals surface area contributed by atoms with Crippen molar-refractivity contribution in [1.29, 1.82) is 0 Å². The van der Waals surface area contributed by atoms with E-state index in [1.165, 1.54) is 6.07 Å². The molecule has 3 heterocycles. The van der Waals surface area contributed by atoms with Crippen molar-refractivity contribution in [1.82, 2.24) is 9.88 Å². The molecule has 2 aliphatic rings. The first kappa shape index (κ1) is 23.0. The first-order chi connectivity index (χ1) is 14.0. The van der Waals surface area contributed by atoms with Crippen LogP contribution >= 0.6 is 0 Å². The number of nitrogens with zero attached hydrogens (tertiary/aromatic N) is 3. The Morgan fingerprint density at radius 2 is 2.21 bits per heavy atom. The van der Waals surface area contributed by atoms with E-state index >= 15 is 0 Å². The third-order valence-electron chi connectivity index (χ3n) is 5.55. The third kappa shape index (κ3) is 5.86. The van der Waals surface area contributed by atoms with Crippen LogP contribution in [0.25, 0.3) is 0 Å². The lowest BCUT2D eigenvalue weighted by molar-refractivity contribution is -0.139.